The highest BCUT2D eigenvalue weighted by Gasteiger charge is 2.17. The third-order valence-electron chi connectivity index (χ3n) is 6.06. The fraction of sp³-hybridized carbons (Fsp3) is 0.107. The Morgan fingerprint density at radius 2 is 1.74 bits per heavy atom. The summed E-state index contributed by atoms with van der Waals surface area (Å²) in [6, 6.07) is 27.3. The van der Waals surface area contributed by atoms with Crippen LogP contribution in [0.4, 0.5) is 5.69 Å². The smallest absolute Gasteiger partial charge is 0.352 e. The quantitative estimate of drug-likeness (QED) is 0.274. The Bertz CT molecular complexity index is 1520. The van der Waals surface area contributed by atoms with Crippen LogP contribution in [-0.2, 0) is 13.1 Å². The van der Waals surface area contributed by atoms with Gasteiger partial charge in [0.15, 0.2) is 0 Å². The summed E-state index contributed by atoms with van der Waals surface area (Å²) in [5.41, 5.74) is 4.03. The second kappa shape index (κ2) is 9.12. The van der Waals surface area contributed by atoms with Crippen LogP contribution in [0.1, 0.15) is 21.6 Å². The van der Waals surface area contributed by atoms with E-state index in [-0.39, 0.29) is 5.69 Å². The van der Waals surface area contributed by atoms with Crippen LogP contribution in [0, 0.1) is 0 Å². The number of carboxylic acids is 1. The van der Waals surface area contributed by atoms with Crippen LogP contribution in [0.3, 0.4) is 0 Å². The second-order valence-corrected chi connectivity index (χ2v) is 8.55. The number of halogens is 1. The first-order valence-electron chi connectivity index (χ1n) is 10.9. The molecule has 5 aromatic rings. The summed E-state index contributed by atoms with van der Waals surface area (Å²) in [5.74, 6) is -0.129. The van der Waals surface area contributed by atoms with Crippen LogP contribution in [-0.4, -0.2) is 22.8 Å². The molecule has 5 nitrogen and oxygen atoms in total. The van der Waals surface area contributed by atoms with E-state index in [1.165, 1.54) is 0 Å². The van der Waals surface area contributed by atoms with Gasteiger partial charge in [-0.15, -0.1) is 0 Å². The van der Waals surface area contributed by atoms with E-state index < -0.39 is 5.97 Å². The predicted octanol–water partition coefficient (Wildman–Crippen LogP) is 6.82. The number of carbonyl (C=O) groups is 1. The number of rotatable bonds is 7. The van der Waals surface area contributed by atoms with Crippen LogP contribution >= 0.6 is 11.6 Å². The predicted molar refractivity (Wildman–Crippen MR) is 137 cm³/mol. The van der Waals surface area contributed by atoms with Crippen molar-refractivity contribution in [3.8, 4) is 5.75 Å². The first-order chi connectivity index (χ1) is 16.5. The van der Waals surface area contributed by atoms with Gasteiger partial charge in [0.1, 0.15) is 11.4 Å². The monoisotopic (exact) mass is 470 g/mol. The Morgan fingerprint density at radius 1 is 0.941 bits per heavy atom. The van der Waals surface area contributed by atoms with E-state index in [0.717, 1.165) is 44.2 Å². The minimum atomic E-state index is -0.967. The zero-order valence-corrected chi connectivity index (χ0v) is 19.3. The molecule has 1 heterocycles. The van der Waals surface area contributed by atoms with E-state index in [0.29, 0.717) is 18.1 Å². The number of anilines is 1. The Hall–Kier alpha value is -3.96. The van der Waals surface area contributed by atoms with Crippen molar-refractivity contribution in [3.63, 3.8) is 0 Å². The van der Waals surface area contributed by atoms with Gasteiger partial charge in [-0.1, -0.05) is 60.1 Å². The molecule has 170 valence electrons. The van der Waals surface area contributed by atoms with E-state index >= 15 is 0 Å². The summed E-state index contributed by atoms with van der Waals surface area (Å²) in [5, 5.41) is 17.1. The zero-order valence-electron chi connectivity index (χ0n) is 18.6. The summed E-state index contributed by atoms with van der Waals surface area (Å²) in [7, 11) is 1.68. The Morgan fingerprint density at radius 3 is 2.50 bits per heavy atom. The number of nitrogens with one attached hydrogen (secondary N) is 1. The van der Waals surface area contributed by atoms with Gasteiger partial charge in [-0.25, -0.2) is 4.79 Å². The number of carboxylic acid groups (broad SMARTS) is 1. The van der Waals surface area contributed by atoms with Crippen LogP contribution in [0.25, 0.3) is 21.7 Å². The lowest BCUT2D eigenvalue weighted by Crippen LogP contribution is -2.09. The van der Waals surface area contributed by atoms with Gasteiger partial charge in [-0.3, -0.25) is 0 Å². The fourth-order valence-corrected chi connectivity index (χ4v) is 4.67. The number of ether oxygens (including phenoxy) is 1. The molecular formula is C28H23ClN2O3. The summed E-state index contributed by atoms with van der Waals surface area (Å²) in [6.07, 6.45) is 0. The Labute approximate surface area is 202 Å². The van der Waals surface area contributed by atoms with Gasteiger partial charge < -0.3 is 19.7 Å². The summed E-state index contributed by atoms with van der Waals surface area (Å²) in [6.45, 7) is 1.00. The van der Waals surface area contributed by atoms with Crippen molar-refractivity contribution < 1.29 is 14.6 Å². The molecule has 0 spiro atoms. The topological polar surface area (TPSA) is 63.5 Å². The van der Waals surface area contributed by atoms with Crippen molar-refractivity contribution in [2.24, 2.45) is 0 Å². The second-order valence-electron chi connectivity index (χ2n) is 8.12. The number of fused-ring (bicyclic) bond motifs is 2. The molecule has 0 atom stereocenters. The first-order valence-corrected chi connectivity index (χ1v) is 11.3. The van der Waals surface area contributed by atoms with Crippen LogP contribution in [0.2, 0.25) is 5.02 Å². The number of benzene rings is 4. The molecule has 0 fully saturated rings. The minimum absolute atomic E-state index is 0.235. The molecular weight excluding hydrogens is 448 g/mol. The largest absolute Gasteiger partial charge is 0.496 e. The van der Waals surface area contributed by atoms with Crippen molar-refractivity contribution in [3.05, 3.63) is 107 Å². The van der Waals surface area contributed by atoms with Crippen molar-refractivity contribution in [1.82, 2.24) is 4.57 Å². The van der Waals surface area contributed by atoms with Crippen molar-refractivity contribution in [2.75, 3.05) is 12.4 Å². The summed E-state index contributed by atoms with van der Waals surface area (Å²) < 4.78 is 7.33. The molecule has 0 unspecified atom stereocenters. The molecule has 34 heavy (non-hydrogen) atoms. The number of hydrogen-bond donors (Lipinski definition) is 2. The highest BCUT2D eigenvalue weighted by molar-refractivity contribution is 6.30. The molecule has 0 amide bonds. The lowest BCUT2D eigenvalue weighted by atomic mass is 10.0. The van der Waals surface area contributed by atoms with E-state index in [2.05, 4.69) is 17.4 Å². The third kappa shape index (κ3) is 4.06. The molecule has 0 aliphatic carbocycles. The fourth-order valence-electron chi connectivity index (χ4n) is 4.46. The maximum atomic E-state index is 12.1. The number of aromatic carboxylic acids is 1. The average molecular weight is 471 g/mol. The van der Waals surface area contributed by atoms with Crippen molar-refractivity contribution >= 4 is 44.9 Å². The highest BCUT2D eigenvalue weighted by atomic mass is 35.5. The van der Waals surface area contributed by atoms with Gasteiger partial charge in [-0.05, 0) is 52.9 Å². The third-order valence-corrected chi connectivity index (χ3v) is 6.29. The molecule has 6 heteroatoms. The normalized spacial score (nSPS) is 11.1. The van der Waals surface area contributed by atoms with Gasteiger partial charge in [0.05, 0.1) is 12.6 Å². The van der Waals surface area contributed by atoms with Crippen molar-refractivity contribution in [2.45, 2.75) is 13.1 Å². The zero-order chi connectivity index (χ0) is 23.7. The highest BCUT2D eigenvalue weighted by Crippen LogP contribution is 2.31. The molecule has 0 saturated carbocycles. The lowest BCUT2D eigenvalue weighted by molar-refractivity contribution is 0.0686. The molecule has 0 bridgehead atoms. The summed E-state index contributed by atoms with van der Waals surface area (Å²) in [4.78, 5) is 12.1. The van der Waals surface area contributed by atoms with Crippen LogP contribution in [0.5, 0.6) is 5.75 Å². The van der Waals surface area contributed by atoms with Gasteiger partial charge in [0, 0.05) is 34.6 Å². The Kier molecular flexibility index (Phi) is 5.86. The standard InChI is InChI=1S/C28H23ClN2O3/c1-34-27-13-12-19(21-8-2-3-9-22(21)27)16-30-24-10-5-11-25-23(24)15-26(28(32)33)31(25)17-18-6-4-7-20(29)14-18/h2-15,30H,16-17H2,1H3,(H,32,33). The first kappa shape index (κ1) is 21.9. The number of methoxy groups -OCH3 is 1. The average Bonchev–Trinajstić information content (AvgIpc) is 3.22. The lowest BCUT2D eigenvalue weighted by Gasteiger charge is -2.13. The summed E-state index contributed by atoms with van der Waals surface area (Å²) >= 11 is 6.15. The molecule has 4 aromatic carbocycles. The maximum Gasteiger partial charge on any atom is 0.352 e. The minimum Gasteiger partial charge on any atom is -0.496 e. The van der Waals surface area contributed by atoms with Gasteiger partial charge in [0.2, 0.25) is 0 Å². The van der Waals surface area contributed by atoms with E-state index in [4.69, 9.17) is 16.3 Å². The molecule has 2 N–H and O–H groups in total. The van der Waals surface area contributed by atoms with Gasteiger partial charge >= 0.3 is 5.97 Å². The molecule has 5 rings (SSSR count). The number of hydrogen-bond acceptors (Lipinski definition) is 3. The molecule has 0 aliphatic heterocycles. The molecule has 0 radical (unpaired) electrons. The van der Waals surface area contributed by atoms with Gasteiger partial charge in [-0.2, -0.15) is 0 Å². The van der Waals surface area contributed by atoms with E-state index in [9.17, 15) is 9.90 Å². The van der Waals surface area contributed by atoms with Crippen LogP contribution in [0.15, 0.2) is 84.9 Å². The van der Waals surface area contributed by atoms with E-state index in [1.54, 1.807) is 13.2 Å². The molecule has 1 aromatic heterocycles. The number of aromatic nitrogens is 1. The Balaban J connectivity index is 1.52. The number of nitrogens with zero attached hydrogens (tertiary/aromatic N) is 1. The maximum absolute atomic E-state index is 12.1. The van der Waals surface area contributed by atoms with Crippen LogP contribution < -0.4 is 10.1 Å². The van der Waals surface area contributed by atoms with Crippen molar-refractivity contribution in [1.29, 1.82) is 0 Å². The molecule has 0 aliphatic rings. The molecule has 0 saturated heterocycles. The SMILES string of the molecule is COc1ccc(CNc2cccc3c2cc(C(=O)O)n3Cc2cccc(Cl)c2)c2ccccc12. The van der Waals surface area contributed by atoms with E-state index in [1.807, 2.05) is 71.3 Å². The van der Waals surface area contributed by atoms with Gasteiger partial charge in [0.25, 0.3) is 0 Å².